The zero-order chi connectivity index (χ0) is 23.7. The topological polar surface area (TPSA) is 113 Å². The molecule has 1 aromatic heterocycles. The largest absolute Gasteiger partial charge is 0.484 e. The molecule has 0 saturated carbocycles. The van der Waals surface area contributed by atoms with Gasteiger partial charge in [0.25, 0.3) is 5.91 Å². The number of aryl methyl sites for hydroxylation is 2. The van der Waals surface area contributed by atoms with Crippen molar-refractivity contribution in [3.05, 3.63) is 71.9 Å². The Balaban J connectivity index is 1.30. The molecular weight excluding hydrogens is 434 g/mol. The van der Waals surface area contributed by atoms with Crippen LogP contribution in [0.4, 0.5) is 11.5 Å². The molecule has 0 bridgehead atoms. The van der Waals surface area contributed by atoms with Gasteiger partial charge in [-0.25, -0.2) is 10.1 Å². The summed E-state index contributed by atoms with van der Waals surface area (Å²) in [5.41, 5.74) is 6.07. The Kier molecular flexibility index (Phi) is 5.91. The van der Waals surface area contributed by atoms with Gasteiger partial charge in [0, 0.05) is 12.6 Å². The van der Waals surface area contributed by atoms with Crippen molar-refractivity contribution in [2.45, 2.75) is 26.3 Å². The van der Waals surface area contributed by atoms with E-state index in [-0.39, 0.29) is 30.5 Å². The van der Waals surface area contributed by atoms with Crippen molar-refractivity contribution in [3.8, 4) is 5.75 Å². The van der Waals surface area contributed by atoms with Gasteiger partial charge in [-0.15, -0.1) is 0 Å². The van der Waals surface area contributed by atoms with E-state index in [2.05, 4.69) is 26.5 Å². The molecule has 5 rings (SSSR count). The monoisotopic (exact) mass is 461 g/mol. The lowest BCUT2D eigenvalue weighted by Crippen LogP contribution is -2.61. The van der Waals surface area contributed by atoms with Crippen LogP contribution < -0.4 is 31.1 Å². The summed E-state index contributed by atoms with van der Waals surface area (Å²) < 4.78 is 7.16. The van der Waals surface area contributed by atoms with E-state index in [4.69, 9.17) is 4.74 Å². The van der Waals surface area contributed by atoms with Crippen LogP contribution >= 0.6 is 0 Å². The molecule has 0 spiro atoms. The molecule has 3 atom stereocenters. The molecule has 2 amide bonds. The van der Waals surface area contributed by atoms with Crippen LogP contribution in [0.1, 0.15) is 17.5 Å². The summed E-state index contributed by atoms with van der Waals surface area (Å²) in [4.78, 5) is 25.5. The Bertz CT molecular complexity index is 1180. The lowest BCUT2D eigenvalue weighted by atomic mass is 10.0. The maximum atomic E-state index is 12.9. The fourth-order valence-electron chi connectivity index (χ4n) is 4.20. The van der Waals surface area contributed by atoms with E-state index in [0.717, 1.165) is 11.3 Å². The summed E-state index contributed by atoms with van der Waals surface area (Å²) >= 11 is 0. The minimum atomic E-state index is -0.637. The number of aromatic nitrogens is 2. The minimum Gasteiger partial charge on any atom is -0.484 e. The average molecular weight is 462 g/mol. The maximum Gasteiger partial charge on any atom is 0.263 e. The molecule has 3 unspecified atom stereocenters. The molecule has 2 aliphatic rings. The highest BCUT2D eigenvalue weighted by Gasteiger charge is 2.45. The molecule has 10 heteroatoms. The number of carbonyl (C=O) groups excluding carboxylic acids is 2. The third-order valence-electron chi connectivity index (χ3n) is 5.88. The standard InChI is InChI=1S/C24H27N7O3/c1-15-8-10-18(11-9-15)34-14-21(32)26-20-12-16(2)29-31(20)24-27-22-19(23(33)28-24)13-25-30(22)17-6-4-3-5-7-17/h3-12,19,22,24-25,27H,13-14H2,1-2H3,(H,26,32)(H,28,33). The molecule has 0 radical (unpaired) electrons. The van der Waals surface area contributed by atoms with E-state index < -0.39 is 6.29 Å². The summed E-state index contributed by atoms with van der Waals surface area (Å²) in [6, 6.07) is 19.1. The van der Waals surface area contributed by atoms with Crippen LogP contribution in [0.2, 0.25) is 0 Å². The number of benzene rings is 2. The van der Waals surface area contributed by atoms with Gasteiger partial charge >= 0.3 is 0 Å². The molecule has 2 aromatic carbocycles. The molecule has 3 heterocycles. The van der Waals surface area contributed by atoms with Crippen LogP contribution in [-0.4, -0.2) is 40.9 Å². The van der Waals surface area contributed by atoms with Gasteiger partial charge in [-0.3, -0.25) is 19.9 Å². The maximum absolute atomic E-state index is 12.9. The Morgan fingerprint density at radius 2 is 1.91 bits per heavy atom. The van der Waals surface area contributed by atoms with Gasteiger partial charge < -0.3 is 15.4 Å². The highest BCUT2D eigenvalue weighted by Crippen LogP contribution is 2.27. The smallest absolute Gasteiger partial charge is 0.263 e. The highest BCUT2D eigenvalue weighted by atomic mass is 16.5. The quantitative estimate of drug-likeness (QED) is 0.442. The number of nitrogens with zero attached hydrogens (tertiary/aromatic N) is 3. The van der Waals surface area contributed by atoms with Gasteiger partial charge in [-0.05, 0) is 38.1 Å². The number of hydrogen-bond acceptors (Lipinski definition) is 7. The van der Waals surface area contributed by atoms with Gasteiger partial charge in [0.2, 0.25) is 5.91 Å². The van der Waals surface area contributed by atoms with Crippen LogP contribution in [-0.2, 0) is 9.59 Å². The summed E-state index contributed by atoms with van der Waals surface area (Å²) in [5, 5.41) is 15.7. The van der Waals surface area contributed by atoms with Crippen molar-refractivity contribution >= 4 is 23.3 Å². The van der Waals surface area contributed by atoms with E-state index in [1.54, 1.807) is 10.7 Å². The lowest BCUT2D eigenvalue weighted by molar-refractivity contribution is -0.129. The van der Waals surface area contributed by atoms with Crippen molar-refractivity contribution in [2.75, 3.05) is 23.5 Å². The molecule has 4 N–H and O–H groups in total. The van der Waals surface area contributed by atoms with Crippen LogP contribution in [0.5, 0.6) is 5.75 Å². The van der Waals surface area contributed by atoms with Crippen LogP contribution in [0.3, 0.4) is 0 Å². The van der Waals surface area contributed by atoms with Crippen molar-refractivity contribution in [1.29, 1.82) is 0 Å². The van der Waals surface area contributed by atoms with Gasteiger partial charge in [-0.2, -0.15) is 5.10 Å². The number of anilines is 2. The molecule has 2 saturated heterocycles. The van der Waals surface area contributed by atoms with E-state index >= 15 is 0 Å². The molecule has 176 valence electrons. The first kappa shape index (κ1) is 21.9. The second-order valence-corrected chi connectivity index (χ2v) is 8.46. The minimum absolute atomic E-state index is 0.0900. The molecule has 10 nitrogen and oxygen atoms in total. The predicted molar refractivity (Wildman–Crippen MR) is 127 cm³/mol. The Hall–Kier alpha value is -3.89. The normalized spacial score (nSPS) is 21.6. The number of hydrazine groups is 1. The van der Waals surface area contributed by atoms with Crippen LogP contribution in [0.15, 0.2) is 60.7 Å². The van der Waals surface area contributed by atoms with Crippen molar-refractivity contribution in [3.63, 3.8) is 0 Å². The van der Waals surface area contributed by atoms with Gasteiger partial charge in [0.1, 0.15) is 17.7 Å². The highest BCUT2D eigenvalue weighted by molar-refractivity contribution is 5.91. The Morgan fingerprint density at radius 1 is 1.15 bits per heavy atom. The number of rotatable bonds is 6. The Morgan fingerprint density at radius 3 is 2.68 bits per heavy atom. The van der Waals surface area contributed by atoms with Gasteiger partial charge in [-0.1, -0.05) is 35.9 Å². The first-order chi connectivity index (χ1) is 16.5. The SMILES string of the molecule is Cc1ccc(OCC(=O)Nc2cc(C)nn2C2NC(=O)C3CNN(c4ccccc4)C3N2)cc1. The summed E-state index contributed by atoms with van der Waals surface area (Å²) in [6.45, 7) is 4.19. The number of ether oxygens (including phenoxy) is 1. The second-order valence-electron chi connectivity index (χ2n) is 8.46. The zero-order valence-corrected chi connectivity index (χ0v) is 19.0. The molecule has 2 fully saturated rings. The first-order valence-electron chi connectivity index (χ1n) is 11.2. The van der Waals surface area contributed by atoms with Crippen molar-refractivity contribution < 1.29 is 14.3 Å². The second kappa shape index (κ2) is 9.16. The lowest BCUT2D eigenvalue weighted by Gasteiger charge is -2.37. The van der Waals surface area contributed by atoms with Crippen LogP contribution in [0.25, 0.3) is 0 Å². The fourth-order valence-corrected chi connectivity index (χ4v) is 4.20. The van der Waals surface area contributed by atoms with Gasteiger partial charge in [0.15, 0.2) is 12.9 Å². The molecule has 2 aliphatic heterocycles. The number of amides is 2. The molecule has 3 aromatic rings. The number of carbonyl (C=O) groups is 2. The van der Waals surface area contributed by atoms with E-state index in [0.29, 0.717) is 23.8 Å². The zero-order valence-electron chi connectivity index (χ0n) is 19.0. The fraction of sp³-hybridized carbons (Fsp3) is 0.292. The van der Waals surface area contributed by atoms with E-state index in [1.165, 1.54) is 0 Å². The van der Waals surface area contributed by atoms with Crippen molar-refractivity contribution in [1.82, 2.24) is 25.8 Å². The van der Waals surface area contributed by atoms with E-state index in [9.17, 15) is 9.59 Å². The Labute approximate surface area is 197 Å². The number of nitrogens with one attached hydrogen (secondary N) is 4. The summed E-state index contributed by atoms with van der Waals surface area (Å²) in [6.07, 6.45) is -0.916. The van der Waals surface area contributed by atoms with Crippen molar-refractivity contribution in [2.24, 2.45) is 5.92 Å². The molecular formula is C24H27N7O3. The third kappa shape index (κ3) is 4.45. The number of hydrogen-bond donors (Lipinski definition) is 4. The first-order valence-corrected chi connectivity index (χ1v) is 11.2. The summed E-state index contributed by atoms with van der Waals surface area (Å²) in [5.74, 6) is 0.396. The molecule has 0 aliphatic carbocycles. The molecule has 34 heavy (non-hydrogen) atoms. The number of fused-ring (bicyclic) bond motifs is 1. The van der Waals surface area contributed by atoms with Gasteiger partial charge in [0.05, 0.1) is 17.3 Å². The predicted octanol–water partition coefficient (Wildman–Crippen LogP) is 1.66. The third-order valence-corrected chi connectivity index (χ3v) is 5.88. The van der Waals surface area contributed by atoms with E-state index in [1.807, 2.05) is 73.5 Å². The van der Waals surface area contributed by atoms with Crippen LogP contribution in [0, 0.1) is 19.8 Å². The summed E-state index contributed by atoms with van der Waals surface area (Å²) in [7, 11) is 0. The number of para-hydroxylation sites is 1. The average Bonchev–Trinajstić information content (AvgIpc) is 3.43.